The summed E-state index contributed by atoms with van der Waals surface area (Å²) < 4.78 is 2.08. The van der Waals surface area contributed by atoms with Gasteiger partial charge < -0.3 is 5.32 Å². The molecule has 6 heteroatoms. The molecule has 110 valence electrons. The van der Waals surface area contributed by atoms with Crippen molar-refractivity contribution in [1.29, 1.82) is 0 Å². The zero-order chi connectivity index (χ0) is 14.8. The van der Waals surface area contributed by atoms with Crippen LogP contribution in [0.15, 0.2) is 23.8 Å². The molecule has 0 aliphatic heterocycles. The van der Waals surface area contributed by atoms with Crippen molar-refractivity contribution in [2.24, 2.45) is 0 Å². The number of imidazole rings is 1. The van der Waals surface area contributed by atoms with Crippen LogP contribution in [0.2, 0.25) is 0 Å². The molecule has 0 aliphatic carbocycles. The zero-order valence-electron chi connectivity index (χ0n) is 12.5. The van der Waals surface area contributed by atoms with Crippen molar-refractivity contribution in [3.05, 3.63) is 46.5 Å². The number of hydrogen-bond donors (Lipinski definition) is 1. The van der Waals surface area contributed by atoms with E-state index in [1.165, 1.54) is 5.56 Å². The molecule has 21 heavy (non-hydrogen) atoms. The Kier molecular flexibility index (Phi) is 3.98. The summed E-state index contributed by atoms with van der Waals surface area (Å²) in [6.07, 6.45) is 5.00. The van der Waals surface area contributed by atoms with Crippen LogP contribution in [0.4, 0.5) is 0 Å². The Balaban J connectivity index is 1.90. The van der Waals surface area contributed by atoms with E-state index in [9.17, 15) is 0 Å². The summed E-state index contributed by atoms with van der Waals surface area (Å²) in [7, 11) is 0. The van der Waals surface area contributed by atoms with Gasteiger partial charge in [0.15, 0.2) is 4.96 Å². The van der Waals surface area contributed by atoms with Crippen LogP contribution < -0.4 is 5.32 Å². The van der Waals surface area contributed by atoms with Gasteiger partial charge in [0.05, 0.1) is 17.1 Å². The molecule has 5 nitrogen and oxygen atoms in total. The first-order chi connectivity index (χ1) is 10.2. The van der Waals surface area contributed by atoms with E-state index in [-0.39, 0.29) is 6.04 Å². The summed E-state index contributed by atoms with van der Waals surface area (Å²) in [5, 5.41) is 14.0. The van der Waals surface area contributed by atoms with Crippen molar-refractivity contribution in [1.82, 2.24) is 24.9 Å². The van der Waals surface area contributed by atoms with Crippen molar-refractivity contribution in [3.8, 4) is 0 Å². The molecule has 0 saturated heterocycles. The average molecular weight is 301 g/mol. The summed E-state index contributed by atoms with van der Waals surface area (Å²) in [5.74, 6) is 0. The second kappa shape index (κ2) is 5.91. The summed E-state index contributed by atoms with van der Waals surface area (Å²) in [5.41, 5.74) is 4.24. The number of nitrogens with one attached hydrogen (secondary N) is 1. The van der Waals surface area contributed by atoms with Gasteiger partial charge in [-0.3, -0.25) is 4.40 Å². The van der Waals surface area contributed by atoms with Crippen molar-refractivity contribution in [3.63, 3.8) is 0 Å². The second-order valence-corrected chi connectivity index (χ2v) is 6.04. The first kappa shape index (κ1) is 14.2. The third kappa shape index (κ3) is 2.96. The van der Waals surface area contributed by atoms with Crippen LogP contribution in [0.1, 0.15) is 35.6 Å². The van der Waals surface area contributed by atoms with Crippen molar-refractivity contribution >= 4 is 16.3 Å². The van der Waals surface area contributed by atoms with Crippen molar-refractivity contribution < 1.29 is 0 Å². The number of nitrogens with zero attached hydrogens (tertiary/aromatic N) is 4. The van der Waals surface area contributed by atoms with E-state index >= 15 is 0 Å². The summed E-state index contributed by atoms with van der Waals surface area (Å²) >= 11 is 1.66. The Labute approximate surface area is 128 Å². The van der Waals surface area contributed by atoms with Crippen LogP contribution in [0.3, 0.4) is 0 Å². The van der Waals surface area contributed by atoms with E-state index in [2.05, 4.69) is 44.1 Å². The Hall–Kier alpha value is -1.79. The van der Waals surface area contributed by atoms with Crippen LogP contribution in [0, 0.1) is 13.8 Å². The van der Waals surface area contributed by atoms with Gasteiger partial charge in [-0.15, -0.1) is 11.3 Å². The Bertz CT molecular complexity index is 717. The zero-order valence-corrected chi connectivity index (χ0v) is 13.3. The highest BCUT2D eigenvalue weighted by molar-refractivity contribution is 7.15. The lowest BCUT2D eigenvalue weighted by Gasteiger charge is -2.19. The average Bonchev–Trinajstić information content (AvgIpc) is 3.02. The van der Waals surface area contributed by atoms with Gasteiger partial charge in [0.25, 0.3) is 0 Å². The molecular weight excluding hydrogens is 282 g/mol. The smallest absolute Gasteiger partial charge is 0.193 e. The van der Waals surface area contributed by atoms with E-state index in [4.69, 9.17) is 0 Å². The topological polar surface area (TPSA) is 55.1 Å². The molecule has 0 fully saturated rings. The Morgan fingerprint density at radius 1 is 1.33 bits per heavy atom. The third-order valence-corrected chi connectivity index (χ3v) is 4.29. The van der Waals surface area contributed by atoms with Gasteiger partial charge in [-0.25, -0.2) is 4.98 Å². The van der Waals surface area contributed by atoms with Gasteiger partial charge in [-0.1, -0.05) is 6.92 Å². The summed E-state index contributed by atoms with van der Waals surface area (Å²) in [6.45, 7) is 7.02. The van der Waals surface area contributed by atoms with Crippen molar-refractivity contribution in [2.75, 3.05) is 6.54 Å². The summed E-state index contributed by atoms with van der Waals surface area (Å²) in [6, 6.07) is 2.34. The van der Waals surface area contributed by atoms with E-state index < -0.39 is 0 Å². The highest BCUT2D eigenvalue weighted by atomic mass is 32.1. The molecule has 0 saturated carbocycles. The molecule has 1 atom stereocenters. The maximum Gasteiger partial charge on any atom is 0.193 e. The van der Waals surface area contributed by atoms with Crippen LogP contribution >= 0.6 is 11.3 Å². The first-order valence-corrected chi connectivity index (χ1v) is 8.00. The normalized spacial score (nSPS) is 12.9. The largest absolute Gasteiger partial charge is 0.310 e. The molecule has 3 heterocycles. The highest BCUT2D eigenvalue weighted by Gasteiger charge is 2.17. The SMILES string of the molecule is CCNC(Cc1cn2ccsc2n1)c1cc(C)nnc1C. The lowest BCUT2D eigenvalue weighted by atomic mass is 10.0. The standard InChI is InChI=1S/C15H19N5S/c1-4-16-14(13-7-10(2)18-19-11(13)3)8-12-9-20-5-6-21-15(20)17-12/h5-7,9,14,16H,4,8H2,1-3H3. The van der Waals surface area contributed by atoms with Crippen molar-refractivity contribution in [2.45, 2.75) is 33.2 Å². The number of aromatic nitrogens is 4. The Morgan fingerprint density at radius 2 is 2.19 bits per heavy atom. The lowest BCUT2D eigenvalue weighted by Crippen LogP contribution is -2.24. The minimum atomic E-state index is 0.216. The maximum absolute atomic E-state index is 4.68. The molecule has 0 aliphatic rings. The van der Waals surface area contributed by atoms with Crippen LogP contribution in [-0.4, -0.2) is 26.1 Å². The van der Waals surface area contributed by atoms with E-state index in [0.29, 0.717) is 0 Å². The van der Waals surface area contributed by atoms with Gasteiger partial charge in [-0.05, 0) is 32.0 Å². The monoisotopic (exact) mass is 301 g/mol. The van der Waals surface area contributed by atoms with E-state index in [1.54, 1.807) is 11.3 Å². The number of aryl methyl sites for hydroxylation is 2. The molecule has 3 aromatic rings. The number of rotatable bonds is 5. The minimum Gasteiger partial charge on any atom is -0.310 e. The highest BCUT2D eigenvalue weighted by Crippen LogP contribution is 2.22. The first-order valence-electron chi connectivity index (χ1n) is 7.12. The number of thiazole rings is 1. The van der Waals surface area contributed by atoms with E-state index in [1.807, 2.05) is 25.4 Å². The van der Waals surface area contributed by atoms with Crippen LogP contribution in [0.25, 0.3) is 4.96 Å². The number of hydrogen-bond acceptors (Lipinski definition) is 5. The molecule has 0 radical (unpaired) electrons. The molecule has 0 aromatic carbocycles. The lowest BCUT2D eigenvalue weighted by molar-refractivity contribution is 0.538. The molecule has 1 N–H and O–H groups in total. The van der Waals surface area contributed by atoms with Gasteiger partial charge >= 0.3 is 0 Å². The molecule has 3 rings (SSSR count). The molecular formula is C15H19N5S. The predicted octanol–water partition coefficient (Wildman–Crippen LogP) is 2.70. The Morgan fingerprint density at radius 3 is 2.95 bits per heavy atom. The maximum atomic E-state index is 4.68. The summed E-state index contributed by atoms with van der Waals surface area (Å²) in [4.78, 5) is 5.72. The molecule has 0 bridgehead atoms. The quantitative estimate of drug-likeness (QED) is 0.787. The molecule has 0 spiro atoms. The minimum absolute atomic E-state index is 0.216. The van der Waals surface area contributed by atoms with Gasteiger partial charge in [0.2, 0.25) is 0 Å². The van der Waals surface area contributed by atoms with Gasteiger partial charge in [0.1, 0.15) is 0 Å². The van der Waals surface area contributed by atoms with Crippen LogP contribution in [-0.2, 0) is 6.42 Å². The fourth-order valence-corrected chi connectivity index (χ4v) is 3.26. The fraction of sp³-hybridized carbons (Fsp3) is 0.400. The second-order valence-electron chi connectivity index (χ2n) is 5.17. The predicted molar refractivity (Wildman–Crippen MR) is 84.7 cm³/mol. The van der Waals surface area contributed by atoms with Gasteiger partial charge in [-0.2, -0.15) is 10.2 Å². The number of likely N-dealkylation sites (N-methyl/N-ethyl adjacent to an activating group) is 1. The number of fused-ring (bicyclic) bond motifs is 1. The molecule has 3 aromatic heterocycles. The van der Waals surface area contributed by atoms with Crippen LogP contribution in [0.5, 0.6) is 0 Å². The molecule has 1 unspecified atom stereocenters. The fourth-order valence-electron chi connectivity index (χ4n) is 2.54. The third-order valence-electron chi connectivity index (χ3n) is 3.52. The van der Waals surface area contributed by atoms with Gasteiger partial charge in [0, 0.05) is 30.2 Å². The van der Waals surface area contributed by atoms with E-state index in [0.717, 1.165) is 35.0 Å². The molecule has 0 amide bonds.